The van der Waals surface area contributed by atoms with Crippen molar-refractivity contribution in [3.05, 3.63) is 95.6 Å². The standard InChI is InChI=1S/C25H25N3O3S/c26-21(16-32)25(31)27-19-12-13-22(20(15-19)24(30)18-9-5-2-6-10-18)28-23(29)14-11-17-7-3-1-4-8-17/h1-10,12-13,15,21,32H,11,14,16,26H2,(H,27,31)(H,28,29)/p+1/t21-/m0/s1. The van der Waals surface area contributed by atoms with Gasteiger partial charge in [0.15, 0.2) is 11.8 Å². The molecule has 7 heteroatoms. The van der Waals surface area contributed by atoms with Crippen LogP contribution in [0.25, 0.3) is 0 Å². The molecule has 0 spiro atoms. The molecule has 0 aliphatic rings. The van der Waals surface area contributed by atoms with E-state index < -0.39 is 6.04 Å². The average Bonchev–Trinajstić information content (AvgIpc) is 2.83. The molecule has 0 saturated heterocycles. The molecule has 0 aliphatic carbocycles. The highest BCUT2D eigenvalue weighted by molar-refractivity contribution is 7.80. The maximum absolute atomic E-state index is 13.2. The predicted octanol–water partition coefficient (Wildman–Crippen LogP) is 2.97. The summed E-state index contributed by atoms with van der Waals surface area (Å²) in [6.07, 6.45) is 0.879. The third-order valence-electron chi connectivity index (χ3n) is 4.92. The number of benzene rings is 3. The molecule has 0 aliphatic heterocycles. The van der Waals surface area contributed by atoms with Gasteiger partial charge in [-0.2, -0.15) is 12.6 Å². The van der Waals surface area contributed by atoms with Gasteiger partial charge in [-0.05, 0) is 30.2 Å². The molecule has 3 aromatic rings. The fourth-order valence-electron chi connectivity index (χ4n) is 3.11. The molecule has 0 bridgehead atoms. The summed E-state index contributed by atoms with van der Waals surface area (Å²) in [5.41, 5.74) is 6.45. The van der Waals surface area contributed by atoms with Gasteiger partial charge in [-0.25, -0.2) is 0 Å². The minimum absolute atomic E-state index is 0.194. The van der Waals surface area contributed by atoms with Crippen LogP contribution in [0.4, 0.5) is 11.4 Å². The van der Waals surface area contributed by atoms with E-state index in [-0.39, 0.29) is 24.0 Å². The summed E-state index contributed by atoms with van der Waals surface area (Å²) in [6, 6.07) is 22.9. The van der Waals surface area contributed by atoms with Crippen molar-refractivity contribution in [1.29, 1.82) is 0 Å². The van der Waals surface area contributed by atoms with E-state index in [1.165, 1.54) is 0 Å². The summed E-state index contributed by atoms with van der Waals surface area (Å²) >= 11 is 4.10. The highest BCUT2D eigenvalue weighted by Crippen LogP contribution is 2.24. The first-order valence-electron chi connectivity index (χ1n) is 10.3. The van der Waals surface area contributed by atoms with Crippen LogP contribution in [0.2, 0.25) is 0 Å². The van der Waals surface area contributed by atoms with Crippen molar-refractivity contribution in [1.82, 2.24) is 0 Å². The molecule has 0 heterocycles. The van der Waals surface area contributed by atoms with Gasteiger partial charge in [-0.3, -0.25) is 14.4 Å². The predicted molar refractivity (Wildman–Crippen MR) is 129 cm³/mol. The van der Waals surface area contributed by atoms with Crippen molar-refractivity contribution >= 4 is 41.6 Å². The molecule has 0 unspecified atom stereocenters. The Balaban J connectivity index is 1.82. The third kappa shape index (κ3) is 6.29. The Morgan fingerprint density at radius 3 is 2.19 bits per heavy atom. The number of rotatable bonds is 9. The summed E-state index contributed by atoms with van der Waals surface area (Å²) < 4.78 is 0. The first-order valence-corrected chi connectivity index (χ1v) is 10.9. The van der Waals surface area contributed by atoms with Crippen molar-refractivity contribution in [2.24, 2.45) is 0 Å². The molecule has 2 amide bonds. The Morgan fingerprint density at radius 1 is 0.875 bits per heavy atom. The van der Waals surface area contributed by atoms with Crippen molar-refractivity contribution in [3.63, 3.8) is 0 Å². The van der Waals surface area contributed by atoms with Crippen LogP contribution in [-0.4, -0.2) is 29.4 Å². The van der Waals surface area contributed by atoms with Crippen molar-refractivity contribution in [3.8, 4) is 0 Å². The summed E-state index contributed by atoms with van der Waals surface area (Å²) in [7, 11) is 0. The number of hydrogen-bond donors (Lipinski definition) is 4. The molecule has 32 heavy (non-hydrogen) atoms. The van der Waals surface area contributed by atoms with Crippen LogP contribution in [-0.2, 0) is 16.0 Å². The molecule has 0 fully saturated rings. The molecule has 3 aromatic carbocycles. The van der Waals surface area contributed by atoms with E-state index in [9.17, 15) is 14.4 Å². The molecule has 0 radical (unpaired) electrons. The number of carbonyl (C=O) groups excluding carboxylic acids is 3. The number of ketones is 1. The van der Waals surface area contributed by atoms with E-state index >= 15 is 0 Å². The van der Waals surface area contributed by atoms with E-state index in [0.29, 0.717) is 34.7 Å². The molecular formula is C25H26N3O3S+. The van der Waals surface area contributed by atoms with Crippen LogP contribution < -0.4 is 16.4 Å². The highest BCUT2D eigenvalue weighted by Gasteiger charge is 2.19. The maximum Gasteiger partial charge on any atom is 0.283 e. The number of aryl methyl sites for hydroxylation is 1. The first kappa shape index (κ1) is 23.2. The van der Waals surface area contributed by atoms with Crippen LogP contribution in [0.5, 0.6) is 0 Å². The lowest BCUT2D eigenvalue weighted by molar-refractivity contribution is -0.395. The second-order valence-corrected chi connectivity index (χ2v) is 7.72. The monoisotopic (exact) mass is 448 g/mol. The van der Waals surface area contributed by atoms with Crippen molar-refractivity contribution < 1.29 is 20.1 Å². The fraction of sp³-hybridized carbons (Fsp3) is 0.160. The number of anilines is 2. The zero-order valence-electron chi connectivity index (χ0n) is 17.6. The van der Waals surface area contributed by atoms with Gasteiger partial charge in [0, 0.05) is 23.2 Å². The number of amides is 2. The van der Waals surface area contributed by atoms with Crippen LogP contribution >= 0.6 is 12.6 Å². The number of carbonyl (C=O) groups is 3. The lowest BCUT2D eigenvalue weighted by Gasteiger charge is -2.14. The minimum atomic E-state index is -0.524. The Bertz CT molecular complexity index is 1090. The van der Waals surface area contributed by atoms with Gasteiger partial charge in [0.2, 0.25) is 5.91 Å². The summed E-state index contributed by atoms with van der Waals surface area (Å²) in [4.78, 5) is 37.9. The molecular weight excluding hydrogens is 422 g/mol. The smallest absolute Gasteiger partial charge is 0.283 e. The molecule has 0 aromatic heterocycles. The summed E-state index contributed by atoms with van der Waals surface area (Å²) in [6.45, 7) is 0. The second-order valence-electron chi connectivity index (χ2n) is 7.36. The van der Waals surface area contributed by atoms with Crippen LogP contribution in [0.1, 0.15) is 27.9 Å². The Kier molecular flexibility index (Phi) is 8.19. The van der Waals surface area contributed by atoms with Gasteiger partial charge in [-0.1, -0.05) is 60.7 Å². The Morgan fingerprint density at radius 2 is 1.53 bits per heavy atom. The summed E-state index contributed by atoms with van der Waals surface area (Å²) in [5, 5.41) is 5.60. The molecule has 5 N–H and O–H groups in total. The quantitative estimate of drug-likeness (QED) is 0.299. The lowest BCUT2D eigenvalue weighted by Crippen LogP contribution is -2.67. The number of thiol groups is 1. The Labute approximate surface area is 192 Å². The molecule has 6 nitrogen and oxygen atoms in total. The molecule has 1 atom stereocenters. The normalized spacial score (nSPS) is 11.4. The summed E-state index contributed by atoms with van der Waals surface area (Å²) in [5.74, 6) is -0.434. The molecule has 164 valence electrons. The van der Waals surface area contributed by atoms with Gasteiger partial charge in [0.1, 0.15) is 0 Å². The van der Waals surface area contributed by atoms with E-state index in [4.69, 9.17) is 0 Å². The highest BCUT2D eigenvalue weighted by atomic mass is 32.1. The van der Waals surface area contributed by atoms with E-state index in [1.54, 1.807) is 42.5 Å². The zero-order chi connectivity index (χ0) is 22.9. The lowest BCUT2D eigenvalue weighted by atomic mass is 10.0. The van der Waals surface area contributed by atoms with E-state index in [0.717, 1.165) is 5.56 Å². The third-order valence-corrected chi connectivity index (χ3v) is 5.36. The van der Waals surface area contributed by atoms with Crippen molar-refractivity contribution in [2.75, 3.05) is 16.4 Å². The van der Waals surface area contributed by atoms with Gasteiger partial charge in [0.25, 0.3) is 5.91 Å². The van der Waals surface area contributed by atoms with Gasteiger partial charge in [-0.15, -0.1) is 0 Å². The number of nitrogens with one attached hydrogen (secondary N) is 2. The Hall–Kier alpha value is -3.42. The average molecular weight is 449 g/mol. The van der Waals surface area contributed by atoms with Crippen LogP contribution in [0.15, 0.2) is 78.9 Å². The number of quaternary nitrogens is 1. The van der Waals surface area contributed by atoms with Crippen molar-refractivity contribution in [2.45, 2.75) is 18.9 Å². The molecule has 3 rings (SSSR count). The van der Waals surface area contributed by atoms with E-state index in [1.807, 2.05) is 36.4 Å². The largest absolute Gasteiger partial charge is 0.347 e. The second kappa shape index (κ2) is 11.3. The minimum Gasteiger partial charge on any atom is -0.347 e. The van der Waals surface area contributed by atoms with E-state index in [2.05, 4.69) is 29.0 Å². The fourth-order valence-corrected chi connectivity index (χ4v) is 3.27. The van der Waals surface area contributed by atoms with Crippen LogP contribution in [0.3, 0.4) is 0 Å². The topological polar surface area (TPSA) is 103 Å². The SMILES string of the molecule is [NH3+][C@@H](CS)C(=O)Nc1ccc(NC(=O)CCc2ccccc2)c(C(=O)c2ccccc2)c1. The van der Waals surface area contributed by atoms with Gasteiger partial charge in [0.05, 0.1) is 11.4 Å². The van der Waals surface area contributed by atoms with Gasteiger partial charge < -0.3 is 16.4 Å². The van der Waals surface area contributed by atoms with Gasteiger partial charge >= 0.3 is 0 Å². The molecule has 0 saturated carbocycles. The zero-order valence-corrected chi connectivity index (χ0v) is 18.5. The first-order chi connectivity index (χ1) is 15.5. The number of hydrogen-bond acceptors (Lipinski definition) is 4. The van der Waals surface area contributed by atoms with Crippen LogP contribution in [0, 0.1) is 0 Å². The maximum atomic E-state index is 13.2.